The molecule has 0 aromatic carbocycles. The van der Waals surface area contributed by atoms with Crippen molar-refractivity contribution in [2.24, 2.45) is 0 Å². The van der Waals surface area contributed by atoms with Gasteiger partial charge in [-0.2, -0.15) is 0 Å². The Morgan fingerprint density at radius 3 is 2.33 bits per heavy atom. The molecule has 0 fully saturated rings. The number of rotatable bonds is 3. The summed E-state index contributed by atoms with van der Waals surface area (Å²) in [5.74, 6) is 0. The maximum absolute atomic E-state index is 12.1. The lowest BCUT2D eigenvalue weighted by atomic mass is 9.87. The van der Waals surface area contributed by atoms with Crippen molar-refractivity contribution in [1.29, 1.82) is 0 Å². The lowest BCUT2D eigenvalue weighted by molar-refractivity contribution is 0.544. The number of aromatic amines is 1. The monoisotopic (exact) mass is 210 g/mol. The third-order valence-corrected chi connectivity index (χ3v) is 2.62. The van der Waals surface area contributed by atoms with Crippen molar-refractivity contribution >= 4 is 0 Å². The molecule has 15 heavy (non-hydrogen) atoms. The van der Waals surface area contributed by atoms with Gasteiger partial charge >= 0.3 is 0 Å². The van der Waals surface area contributed by atoms with Crippen LogP contribution in [0.5, 0.6) is 0 Å². The van der Waals surface area contributed by atoms with E-state index in [0.717, 1.165) is 30.6 Å². The molecular formula is C12H22N2O. The van der Waals surface area contributed by atoms with Gasteiger partial charge in [-0.15, -0.1) is 0 Å². The predicted molar refractivity (Wildman–Crippen MR) is 63.4 cm³/mol. The summed E-state index contributed by atoms with van der Waals surface area (Å²) in [6, 6.07) is 0. The molecule has 1 N–H and O–H groups in total. The highest BCUT2D eigenvalue weighted by Gasteiger charge is 2.23. The Hall–Kier alpha value is -0.990. The van der Waals surface area contributed by atoms with Crippen LogP contribution in [0.3, 0.4) is 0 Å². The number of hydrogen-bond acceptors (Lipinski definition) is 1. The summed E-state index contributed by atoms with van der Waals surface area (Å²) in [6.07, 6.45) is 2.15. The van der Waals surface area contributed by atoms with E-state index in [9.17, 15) is 4.79 Å². The van der Waals surface area contributed by atoms with Crippen LogP contribution < -0.4 is 5.56 Å². The van der Waals surface area contributed by atoms with Crippen molar-refractivity contribution in [3.63, 3.8) is 0 Å². The first-order chi connectivity index (χ1) is 6.88. The molecule has 0 saturated heterocycles. The summed E-state index contributed by atoms with van der Waals surface area (Å²) in [7, 11) is 0. The van der Waals surface area contributed by atoms with Crippen LogP contribution in [-0.2, 0) is 12.0 Å². The van der Waals surface area contributed by atoms with Gasteiger partial charge in [0.25, 0.3) is 5.56 Å². The summed E-state index contributed by atoms with van der Waals surface area (Å²) in [5.41, 5.74) is 1.99. The normalized spacial score (nSPS) is 12.1. The number of H-pyrrole nitrogens is 1. The molecule has 0 amide bonds. The summed E-state index contributed by atoms with van der Waals surface area (Å²) in [5, 5.41) is 3.16. The minimum absolute atomic E-state index is 0.0743. The van der Waals surface area contributed by atoms with Crippen molar-refractivity contribution in [2.45, 2.75) is 59.4 Å². The molecule has 0 atom stereocenters. The second-order valence-corrected chi connectivity index (χ2v) is 5.17. The number of hydrogen-bond donors (Lipinski definition) is 1. The van der Waals surface area contributed by atoms with Crippen molar-refractivity contribution in [3.8, 4) is 0 Å². The summed E-state index contributed by atoms with van der Waals surface area (Å²) in [6.45, 7) is 11.1. The van der Waals surface area contributed by atoms with Gasteiger partial charge in [-0.05, 0) is 18.8 Å². The second kappa shape index (κ2) is 4.25. The van der Waals surface area contributed by atoms with E-state index in [4.69, 9.17) is 0 Å². The molecule has 0 spiro atoms. The molecule has 0 aliphatic rings. The van der Waals surface area contributed by atoms with Crippen LogP contribution in [0, 0.1) is 6.92 Å². The maximum atomic E-state index is 12.1. The van der Waals surface area contributed by atoms with Gasteiger partial charge in [0.15, 0.2) is 0 Å². The van der Waals surface area contributed by atoms with E-state index in [1.165, 1.54) is 0 Å². The van der Waals surface area contributed by atoms with Gasteiger partial charge in [0, 0.05) is 17.8 Å². The molecule has 0 aliphatic carbocycles. The molecule has 3 heteroatoms. The Bertz CT molecular complexity index is 379. The van der Waals surface area contributed by atoms with Crippen molar-refractivity contribution in [1.82, 2.24) is 9.78 Å². The second-order valence-electron chi connectivity index (χ2n) is 5.17. The van der Waals surface area contributed by atoms with Crippen LogP contribution in [0.15, 0.2) is 4.79 Å². The topological polar surface area (TPSA) is 37.8 Å². The molecule has 1 aromatic heterocycles. The van der Waals surface area contributed by atoms with Crippen LogP contribution in [0.4, 0.5) is 0 Å². The fourth-order valence-corrected chi connectivity index (χ4v) is 1.96. The van der Waals surface area contributed by atoms with E-state index in [1.54, 1.807) is 4.68 Å². The highest BCUT2D eigenvalue weighted by atomic mass is 16.1. The summed E-state index contributed by atoms with van der Waals surface area (Å²) < 4.78 is 1.74. The molecule has 86 valence electrons. The molecule has 0 radical (unpaired) electrons. The minimum atomic E-state index is -0.0743. The van der Waals surface area contributed by atoms with E-state index in [1.807, 2.05) is 6.92 Å². The molecule has 1 rings (SSSR count). The third-order valence-electron chi connectivity index (χ3n) is 2.62. The zero-order valence-electron chi connectivity index (χ0n) is 10.5. The molecule has 1 heterocycles. The van der Waals surface area contributed by atoms with Crippen molar-refractivity contribution in [2.75, 3.05) is 0 Å². The lowest BCUT2D eigenvalue weighted by Crippen LogP contribution is -2.26. The molecule has 0 aliphatic heterocycles. The molecule has 0 unspecified atom stereocenters. The Morgan fingerprint density at radius 2 is 1.93 bits per heavy atom. The number of unbranched alkanes of at least 4 members (excludes halogenated alkanes) is 1. The standard InChI is InChI=1S/C12H22N2O/c1-6-7-8-14-11(15)10(9(2)13-14)12(3,4)5/h13H,6-8H2,1-5H3. The smallest absolute Gasteiger partial charge is 0.270 e. The average Bonchev–Trinajstić information content (AvgIpc) is 2.36. The highest BCUT2D eigenvalue weighted by molar-refractivity contribution is 5.24. The predicted octanol–water partition coefficient (Wildman–Crippen LogP) is 2.58. The van der Waals surface area contributed by atoms with Gasteiger partial charge in [0.1, 0.15) is 0 Å². The van der Waals surface area contributed by atoms with Crippen LogP contribution in [0.25, 0.3) is 0 Å². The van der Waals surface area contributed by atoms with Crippen molar-refractivity contribution in [3.05, 3.63) is 21.6 Å². The zero-order chi connectivity index (χ0) is 11.6. The molecule has 1 aromatic rings. The highest BCUT2D eigenvalue weighted by Crippen LogP contribution is 2.21. The van der Waals surface area contributed by atoms with Gasteiger partial charge in [-0.25, -0.2) is 0 Å². The molecule has 3 nitrogen and oxygen atoms in total. The number of aryl methyl sites for hydroxylation is 2. The van der Waals surface area contributed by atoms with Gasteiger partial charge < -0.3 is 0 Å². The van der Waals surface area contributed by atoms with E-state index < -0.39 is 0 Å². The van der Waals surface area contributed by atoms with Gasteiger partial charge in [-0.3, -0.25) is 14.6 Å². The van der Waals surface area contributed by atoms with Crippen LogP contribution in [0.1, 0.15) is 51.8 Å². The van der Waals surface area contributed by atoms with E-state index in [2.05, 4.69) is 32.8 Å². The fourth-order valence-electron chi connectivity index (χ4n) is 1.96. The molecule has 0 saturated carbocycles. The first kappa shape index (κ1) is 12.1. The summed E-state index contributed by atoms with van der Waals surface area (Å²) in [4.78, 5) is 12.1. The maximum Gasteiger partial charge on any atom is 0.270 e. The average molecular weight is 210 g/mol. The van der Waals surface area contributed by atoms with Gasteiger partial charge in [0.05, 0.1) is 0 Å². The largest absolute Gasteiger partial charge is 0.300 e. The number of nitrogens with zero attached hydrogens (tertiary/aromatic N) is 1. The minimum Gasteiger partial charge on any atom is -0.300 e. The van der Waals surface area contributed by atoms with Crippen molar-refractivity contribution < 1.29 is 0 Å². The van der Waals surface area contributed by atoms with Crippen LogP contribution >= 0.6 is 0 Å². The van der Waals surface area contributed by atoms with E-state index >= 15 is 0 Å². The Labute approximate surface area is 91.5 Å². The summed E-state index contributed by atoms with van der Waals surface area (Å²) >= 11 is 0. The Balaban J connectivity index is 3.10. The van der Waals surface area contributed by atoms with Crippen LogP contribution in [0.2, 0.25) is 0 Å². The Kier molecular flexibility index (Phi) is 3.42. The quantitative estimate of drug-likeness (QED) is 0.818. The SMILES string of the molecule is CCCCn1[nH]c(C)c(C(C)(C)C)c1=O. The third kappa shape index (κ3) is 2.52. The fraction of sp³-hybridized carbons (Fsp3) is 0.750. The lowest BCUT2D eigenvalue weighted by Gasteiger charge is -2.15. The van der Waals surface area contributed by atoms with Gasteiger partial charge in [0.2, 0.25) is 0 Å². The van der Waals surface area contributed by atoms with Crippen LogP contribution in [-0.4, -0.2) is 9.78 Å². The number of nitrogens with one attached hydrogen (secondary N) is 1. The number of aromatic nitrogens is 2. The van der Waals surface area contributed by atoms with E-state index in [0.29, 0.717) is 0 Å². The molecule has 0 bridgehead atoms. The van der Waals surface area contributed by atoms with Gasteiger partial charge in [-0.1, -0.05) is 34.1 Å². The zero-order valence-corrected chi connectivity index (χ0v) is 10.5. The Morgan fingerprint density at radius 1 is 1.33 bits per heavy atom. The van der Waals surface area contributed by atoms with E-state index in [-0.39, 0.29) is 11.0 Å². The first-order valence-corrected chi connectivity index (χ1v) is 5.67. The molecular weight excluding hydrogens is 188 g/mol. The first-order valence-electron chi connectivity index (χ1n) is 5.67.